The molecule has 2 aromatic rings. The van der Waals surface area contributed by atoms with Crippen LogP contribution in [0.4, 0.5) is 0 Å². The quantitative estimate of drug-likeness (QED) is 0.366. The van der Waals surface area contributed by atoms with Crippen LogP contribution in [-0.2, 0) is 25.5 Å². The van der Waals surface area contributed by atoms with Crippen LogP contribution in [-0.4, -0.2) is 57.2 Å². The zero-order chi connectivity index (χ0) is 28.9. The summed E-state index contributed by atoms with van der Waals surface area (Å²) in [5.74, 6) is 1.43. The fourth-order valence-corrected chi connectivity index (χ4v) is 7.96. The smallest absolute Gasteiger partial charge is 0.306 e. The highest BCUT2D eigenvalue weighted by atomic mass is 16.5. The Kier molecular flexibility index (Phi) is 7.62. The maximum Gasteiger partial charge on any atom is 0.306 e. The van der Waals surface area contributed by atoms with Gasteiger partial charge in [0.05, 0.1) is 24.9 Å². The Labute approximate surface area is 243 Å². The molecule has 1 saturated heterocycles. The average molecular weight is 564 g/mol. The van der Waals surface area contributed by atoms with Crippen molar-refractivity contribution in [2.24, 2.45) is 35.0 Å². The van der Waals surface area contributed by atoms with Crippen molar-refractivity contribution >= 4 is 23.8 Å². The minimum atomic E-state index is -0.592. The van der Waals surface area contributed by atoms with E-state index in [0.717, 1.165) is 61.8 Å². The Bertz CT molecular complexity index is 1300. The molecule has 2 aliphatic carbocycles. The predicted molar refractivity (Wildman–Crippen MR) is 154 cm³/mol. The van der Waals surface area contributed by atoms with E-state index in [2.05, 4.69) is 11.2 Å². The van der Waals surface area contributed by atoms with Crippen molar-refractivity contribution in [1.29, 1.82) is 0 Å². The number of hydrogen-bond donors (Lipinski definition) is 0. The zero-order valence-electron chi connectivity index (χ0n) is 25.0. The number of imidazole rings is 1. The molecule has 222 valence electrons. The number of amides is 1. The van der Waals surface area contributed by atoms with E-state index >= 15 is 0 Å². The van der Waals surface area contributed by atoms with Gasteiger partial charge in [0, 0.05) is 36.1 Å². The summed E-state index contributed by atoms with van der Waals surface area (Å²) in [6, 6.07) is 1.40. The second kappa shape index (κ2) is 11.1. The number of hydrogen-bond acceptors (Lipinski definition) is 6. The molecule has 8 heteroatoms. The van der Waals surface area contributed by atoms with E-state index in [0.29, 0.717) is 30.7 Å². The number of carbonyl (C=O) groups is 3. The van der Waals surface area contributed by atoms with E-state index < -0.39 is 17.4 Å². The topological polar surface area (TPSA) is 90.2 Å². The minimum Gasteiger partial charge on any atom is -0.488 e. The normalized spacial score (nSPS) is 34.6. The molecule has 0 spiro atoms. The van der Waals surface area contributed by atoms with Crippen molar-refractivity contribution in [3.63, 3.8) is 0 Å². The molecule has 0 aromatic carbocycles. The predicted octanol–water partition coefficient (Wildman–Crippen LogP) is 5.25. The molecule has 8 nitrogen and oxygen atoms in total. The van der Waals surface area contributed by atoms with Crippen LogP contribution in [0.15, 0.2) is 24.7 Å². The van der Waals surface area contributed by atoms with E-state index in [-0.39, 0.29) is 36.4 Å². The molecule has 4 aliphatic rings. The molecule has 41 heavy (non-hydrogen) atoms. The van der Waals surface area contributed by atoms with Crippen molar-refractivity contribution in [3.8, 4) is 5.75 Å². The van der Waals surface area contributed by atoms with Crippen LogP contribution in [0.2, 0.25) is 0 Å². The summed E-state index contributed by atoms with van der Waals surface area (Å²) >= 11 is 0. The first kappa shape index (κ1) is 28.2. The number of pyridine rings is 1. The molecule has 0 N–H and O–H groups in total. The maximum absolute atomic E-state index is 14.2. The van der Waals surface area contributed by atoms with Crippen molar-refractivity contribution in [3.05, 3.63) is 30.2 Å². The van der Waals surface area contributed by atoms with E-state index in [4.69, 9.17) is 9.47 Å². The lowest BCUT2D eigenvalue weighted by Crippen LogP contribution is -2.46. The van der Waals surface area contributed by atoms with Gasteiger partial charge in [-0.05, 0) is 61.7 Å². The van der Waals surface area contributed by atoms with Crippen LogP contribution in [0, 0.1) is 35.0 Å². The second-order valence-corrected chi connectivity index (χ2v) is 14.0. The molecule has 4 heterocycles. The fourth-order valence-electron chi connectivity index (χ4n) is 7.96. The second-order valence-electron chi connectivity index (χ2n) is 14.0. The third-order valence-electron chi connectivity index (χ3n) is 10.4. The van der Waals surface area contributed by atoms with Crippen LogP contribution in [0.25, 0.3) is 5.65 Å². The standard InChI is InChI=1S/C33H45N3O5/c1-5-22-26(19-37)36-18-29(22)40-27-16-30-34-11-12-35(30)17-20(27)9-7-6-8-10-23-24-13-21(24)14-28(23)41-31(38)15-25(32(36)39)33(2,3)4/h11-12,16-17,19,21-26,28-29H,5-10,13-15,18H2,1-4H3/t21?,22-,23+,24?,25+,26+,28+,29-/m0/s1. The molecule has 2 aromatic heterocycles. The number of aryl methyl sites for hydroxylation is 1. The number of carbonyl (C=O) groups excluding carboxylic acids is 3. The summed E-state index contributed by atoms with van der Waals surface area (Å²) in [4.78, 5) is 46.2. The van der Waals surface area contributed by atoms with Gasteiger partial charge in [0.25, 0.3) is 0 Å². The minimum absolute atomic E-state index is 0.0337. The Morgan fingerprint density at radius 1 is 1.07 bits per heavy atom. The van der Waals surface area contributed by atoms with Crippen molar-refractivity contribution < 1.29 is 23.9 Å². The molecule has 2 aliphatic heterocycles. The van der Waals surface area contributed by atoms with E-state index in [1.54, 1.807) is 11.1 Å². The van der Waals surface area contributed by atoms with Gasteiger partial charge in [-0.1, -0.05) is 40.5 Å². The highest BCUT2D eigenvalue weighted by molar-refractivity contribution is 5.87. The van der Waals surface area contributed by atoms with E-state index in [9.17, 15) is 14.4 Å². The van der Waals surface area contributed by atoms with Crippen LogP contribution >= 0.6 is 0 Å². The zero-order valence-corrected chi connectivity index (χ0v) is 25.0. The molecule has 6 rings (SSSR count). The van der Waals surface area contributed by atoms with Gasteiger partial charge in [-0.25, -0.2) is 4.98 Å². The van der Waals surface area contributed by atoms with Gasteiger partial charge in [0.15, 0.2) is 0 Å². The van der Waals surface area contributed by atoms with Gasteiger partial charge < -0.3 is 23.6 Å². The van der Waals surface area contributed by atoms with Crippen LogP contribution in [0.5, 0.6) is 5.75 Å². The lowest BCUT2D eigenvalue weighted by molar-refractivity contribution is -0.158. The first-order chi connectivity index (χ1) is 19.7. The van der Waals surface area contributed by atoms with Gasteiger partial charge in [0.2, 0.25) is 5.91 Å². The molecule has 1 amide bonds. The first-order valence-corrected chi connectivity index (χ1v) is 15.8. The number of fused-ring (bicyclic) bond motifs is 7. The number of aromatic nitrogens is 2. The van der Waals surface area contributed by atoms with Gasteiger partial charge in [-0.2, -0.15) is 0 Å². The number of aldehydes is 1. The highest BCUT2D eigenvalue weighted by Gasteiger charge is 2.54. The molecular weight excluding hydrogens is 518 g/mol. The molecule has 3 fully saturated rings. The monoisotopic (exact) mass is 563 g/mol. The Hall–Kier alpha value is -2.90. The van der Waals surface area contributed by atoms with Crippen LogP contribution in [0.1, 0.15) is 84.6 Å². The molecule has 2 saturated carbocycles. The number of ether oxygens (including phenoxy) is 2. The SMILES string of the molecule is CC[C@@H]1[C@@H]2CN(C(=O)[C@H](C(C)(C)C)CC(=O)O[C@@H]3CC4CC4[C@H]3CCCCCc3cn4ccnc4cc3O2)[C@@H]1C=O. The van der Waals surface area contributed by atoms with E-state index in [1.165, 1.54) is 6.42 Å². The third kappa shape index (κ3) is 5.51. The van der Waals surface area contributed by atoms with Crippen molar-refractivity contribution in [1.82, 2.24) is 14.3 Å². The Balaban J connectivity index is 1.34. The number of rotatable bonds is 2. The highest BCUT2D eigenvalue weighted by Crippen LogP contribution is 2.58. The summed E-state index contributed by atoms with van der Waals surface area (Å²) in [6.07, 6.45) is 14.6. The van der Waals surface area contributed by atoms with Gasteiger partial charge in [-0.3, -0.25) is 9.59 Å². The number of nitrogens with zero attached hydrogens (tertiary/aromatic N) is 3. The molecule has 2 unspecified atom stereocenters. The average Bonchev–Trinajstić information content (AvgIpc) is 3.23. The summed E-state index contributed by atoms with van der Waals surface area (Å²) in [5.41, 5.74) is 1.47. The van der Waals surface area contributed by atoms with Gasteiger partial charge in [0.1, 0.15) is 29.9 Å². The summed E-state index contributed by atoms with van der Waals surface area (Å²) < 4.78 is 14.9. The third-order valence-corrected chi connectivity index (χ3v) is 10.4. The molecule has 2 bridgehead atoms. The Morgan fingerprint density at radius 3 is 2.66 bits per heavy atom. The molecule has 8 atom stereocenters. The Morgan fingerprint density at radius 2 is 1.90 bits per heavy atom. The summed E-state index contributed by atoms with van der Waals surface area (Å²) in [6.45, 7) is 8.33. The molecular formula is C33H45N3O5. The molecule has 0 radical (unpaired) electrons. The summed E-state index contributed by atoms with van der Waals surface area (Å²) in [7, 11) is 0. The lowest BCUT2D eigenvalue weighted by Gasteiger charge is -2.34. The number of esters is 1. The van der Waals surface area contributed by atoms with Gasteiger partial charge >= 0.3 is 5.97 Å². The first-order valence-electron chi connectivity index (χ1n) is 15.8. The van der Waals surface area contributed by atoms with Crippen molar-refractivity contribution in [2.45, 2.75) is 104 Å². The van der Waals surface area contributed by atoms with Crippen LogP contribution < -0.4 is 4.74 Å². The van der Waals surface area contributed by atoms with Crippen molar-refractivity contribution in [2.75, 3.05) is 6.54 Å². The van der Waals surface area contributed by atoms with Crippen LogP contribution in [0.3, 0.4) is 0 Å². The lowest BCUT2D eigenvalue weighted by atomic mass is 9.77. The van der Waals surface area contributed by atoms with Gasteiger partial charge in [-0.15, -0.1) is 0 Å². The largest absolute Gasteiger partial charge is 0.488 e. The van der Waals surface area contributed by atoms with E-state index in [1.807, 2.05) is 44.4 Å². The fraction of sp³-hybridized carbons (Fsp3) is 0.697. The maximum atomic E-state index is 14.2. The summed E-state index contributed by atoms with van der Waals surface area (Å²) in [5, 5.41) is 0.